The van der Waals surface area contributed by atoms with Crippen LogP contribution in [0.5, 0.6) is 0 Å². The Balaban J connectivity index is 0.000000371. The molecule has 0 saturated heterocycles. The van der Waals surface area contributed by atoms with Crippen LogP contribution < -0.4 is 0 Å². The zero-order valence-corrected chi connectivity index (χ0v) is 6.42. The van der Waals surface area contributed by atoms with Gasteiger partial charge in [0.1, 0.15) is 0 Å². The SMILES string of the molecule is CC.CN1C(=O)C=CC1=O. The Kier molecular flexibility index (Phi) is 3.39. The van der Waals surface area contributed by atoms with Crippen LogP contribution in [0.2, 0.25) is 0 Å². The standard InChI is InChI=1S/C5H5NO2.C2H6/c1-6-4(7)2-3-5(6)8;1-2/h2-3H,1H3;1-2H3. The summed E-state index contributed by atoms with van der Waals surface area (Å²) >= 11 is 0. The molecule has 0 bridgehead atoms. The number of rotatable bonds is 0. The summed E-state index contributed by atoms with van der Waals surface area (Å²) in [6, 6.07) is 0. The Bertz CT molecular complexity index is 154. The molecule has 1 heterocycles. The molecule has 0 spiro atoms. The monoisotopic (exact) mass is 141 g/mol. The predicted molar refractivity (Wildman–Crippen MR) is 38.3 cm³/mol. The summed E-state index contributed by atoms with van der Waals surface area (Å²) in [5, 5.41) is 0. The molecule has 1 aliphatic heterocycles. The molecule has 0 N–H and O–H groups in total. The molecule has 10 heavy (non-hydrogen) atoms. The highest BCUT2D eigenvalue weighted by molar-refractivity contribution is 6.12. The Morgan fingerprint density at radius 1 is 1.10 bits per heavy atom. The second kappa shape index (κ2) is 3.82. The minimum absolute atomic E-state index is 0.241. The molecule has 0 aromatic heterocycles. The second-order valence-corrected chi connectivity index (χ2v) is 1.57. The average Bonchev–Trinajstić information content (AvgIpc) is 2.25. The van der Waals surface area contributed by atoms with E-state index < -0.39 is 0 Å². The van der Waals surface area contributed by atoms with Crippen molar-refractivity contribution >= 4 is 11.8 Å². The molecular formula is C7H11NO2. The van der Waals surface area contributed by atoms with Gasteiger partial charge in [0.05, 0.1) is 0 Å². The quantitative estimate of drug-likeness (QED) is 0.462. The summed E-state index contributed by atoms with van der Waals surface area (Å²) in [7, 11) is 1.45. The van der Waals surface area contributed by atoms with Crippen LogP contribution in [0.4, 0.5) is 0 Å². The minimum atomic E-state index is -0.241. The van der Waals surface area contributed by atoms with Crippen molar-refractivity contribution in [3.8, 4) is 0 Å². The lowest BCUT2D eigenvalue weighted by Crippen LogP contribution is -2.24. The van der Waals surface area contributed by atoms with Crippen LogP contribution in [0.3, 0.4) is 0 Å². The van der Waals surface area contributed by atoms with E-state index in [-0.39, 0.29) is 11.8 Å². The molecule has 3 nitrogen and oxygen atoms in total. The predicted octanol–water partition coefficient (Wildman–Crippen LogP) is 0.567. The average molecular weight is 141 g/mol. The van der Waals surface area contributed by atoms with Crippen LogP contribution in [-0.4, -0.2) is 23.8 Å². The lowest BCUT2D eigenvalue weighted by Gasteiger charge is -2.01. The van der Waals surface area contributed by atoms with Crippen molar-refractivity contribution in [1.82, 2.24) is 4.90 Å². The molecule has 1 aliphatic rings. The lowest BCUT2D eigenvalue weighted by molar-refractivity contribution is -0.135. The van der Waals surface area contributed by atoms with Gasteiger partial charge in [0, 0.05) is 19.2 Å². The van der Waals surface area contributed by atoms with Crippen molar-refractivity contribution in [3.05, 3.63) is 12.2 Å². The number of carbonyl (C=O) groups is 2. The third-order valence-corrected chi connectivity index (χ3v) is 1.03. The van der Waals surface area contributed by atoms with Crippen molar-refractivity contribution < 1.29 is 9.59 Å². The highest BCUT2D eigenvalue weighted by Gasteiger charge is 2.17. The van der Waals surface area contributed by atoms with Crippen molar-refractivity contribution in [2.75, 3.05) is 7.05 Å². The Hall–Kier alpha value is -1.12. The lowest BCUT2D eigenvalue weighted by atomic mass is 10.6. The molecule has 2 amide bonds. The second-order valence-electron chi connectivity index (χ2n) is 1.57. The molecule has 3 heteroatoms. The van der Waals surface area contributed by atoms with E-state index in [1.807, 2.05) is 13.8 Å². The number of imide groups is 1. The molecule has 0 saturated carbocycles. The van der Waals surface area contributed by atoms with Gasteiger partial charge in [-0.2, -0.15) is 0 Å². The number of nitrogens with zero attached hydrogens (tertiary/aromatic N) is 1. The summed E-state index contributed by atoms with van der Waals surface area (Å²) in [6.45, 7) is 4.00. The molecule has 0 fully saturated rings. The van der Waals surface area contributed by atoms with E-state index in [9.17, 15) is 9.59 Å². The molecule has 0 atom stereocenters. The van der Waals surface area contributed by atoms with E-state index in [1.165, 1.54) is 19.2 Å². The summed E-state index contributed by atoms with van der Waals surface area (Å²) in [6.07, 6.45) is 2.50. The van der Waals surface area contributed by atoms with Gasteiger partial charge in [0.2, 0.25) is 0 Å². The van der Waals surface area contributed by atoms with Crippen LogP contribution in [0.25, 0.3) is 0 Å². The highest BCUT2D eigenvalue weighted by Crippen LogP contribution is 1.97. The molecular weight excluding hydrogens is 130 g/mol. The Labute approximate surface area is 60.3 Å². The molecule has 0 unspecified atom stereocenters. The van der Waals surface area contributed by atoms with Crippen molar-refractivity contribution in [2.24, 2.45) is 0 Å². The topological polar surface area (TPSA) is 37.4 Å². The zero-order chi connectivity index (χ0) is 8.15. The Morgan fingerprint density at radius 2 is 1.40 bits per heavy atom. The molecule has 0 aromatic carbocycles. The van der Waals surface area contributed by atoms with E-state index in [4.69, 9.17) is 0 Å². The third kappa shape index (κ3) is 1.69. The van der Waals surface area contributed by atoms with Crippen molar-refractivity contribution in [3.63, 3.8) is 0 Å². The van der Waals surface area contributed by atoms with E-state index in [0.29, 0.717) is 0 Å². The third-order valence-electron chi connectivity index (χ3n) is 1.03. The van der Waals surface area contributed by atoms with Gasteiger partial charge in [-0.3, -0.25) is 14.5 Å². The fraction of sp³-hybridized carbons (Fsp3) is 0.429. The minimum Gasteiger partial charge on any atom is -0.279 e. The molecule has 0 aromatic rings. The maximum Gasteiger partial charge on any atom is 0.253 e. The highest BCUT2D eigenvalue weighted by atomic mass is 16.2. The van der Waals surface area contributed by atoms with Gasteiger partial charge in [-0.25, -0.2) is 0 Å². The molecule has 0 radical (unpaired) electrons. The van der Waals surface area contributed by atoms with Gasteiger partial charge >= 0.3 is 0 Å². The van der Waals surface area contributed by atoms with E-state index >= 15 is 0 Å². The van der Waals surface area contributed by atoms with Gasteiger partial charge in [0.25, 0.3) is 11.8 Å². The normalized spacial score (nSPS) is 15.3. The first-order valence-electron chi connectivity index (χ1n) is 3.21. The van der Waals surface area contributed by atoms with Crippen LogP contribution in [0, 0.1) is 0 Å². The number of hydrogen-bond acceptors (Lipinski definition) is 2. The number of likely N-dealkylation sites (N-methyl/N-ethyl adjacent to an activating group) is 1. The first-order chi connectivity index (χ1) is 4.72. The molecule has 1 rings (SSSR count). The van der Waals surface area contributed by atoms with Gasteiger partial charge in [0.15, 0.2) is 0 Å². The van der Waals surface area contributed by atoms with Crippen molar-refractivity contribution in [1.29, 1.82) is 0 Å². The van der Waals surface area contributed by atoms with Crippen molar-refractivity contribution in [2.45, 2.75) is 13.8 Å². The summed E-state index contributed by atoms with van der Waals surface area (Å²) in [5.41, 5.74) is 0. The van der Waals surface area contributed by atoms with Gasteiger partial charge in [-0.15, -0.1) is 0 Å². The summed E-state index contributed by atoms with van der Waals surface area (Å²) in [4.78, 5) is 21.9. The summed E-state index contributed by atoms with van der Waals surface area (Å²) < 4.78 is 0. The fourth-order valence-corrected chi connectivity index (χ4v) is 0.475. The van der Waals surface area contributed by atoms with Crippen LogP contribution in [0.1, 0.15) is 13.8 Å². The number of hydrogen-bond donors (Lipinski definition) is 0. The Morgan fingerprint density at radius 3 is 1.50 bits per heavy atom. The van der Waals surface area contributed by atoms with Crippen LogP contribution >= 0.6 is 0 Å². The zero-order valence-electron chi connectivity index (χ0n) is 6.42. The van der Waals surface area contributed by atoms with Gasteiger partial charge in [-0.1, -0.05) is 13.8 Å². The van der Waals surface area contributed by atoms with E-state index in [2.05, 4.69) is 0 Å². The van der Waals surface area contributed by atoms with Crippen LogP contribution in [-0.2, 0) is 9.59 Å². The maximum atomic E-state index is 10.4. The first kappa shape index (κ1) is 8.88. The van der Waals surface area contributed by atoms with E-state index in [0.717, 1.165) is 4.90 Å². The maximum absolute atomic E-state index is 10.4. The fourth-order valence-electron chi connectivity index (χ4n) is 0.475. The van der Waals surface area contributed by atoms with Gasteiger partial charge < -0.3 is 0 Å². The smallest absolute Gasteiger partial charge is 0.253 e. The number of carbonyl (C=O) groups excluding carboxylic acids is 2. The largest absolute Gasteiger partial charge is 0.279 e. The number of amides is 2. The molecule has 0 aliphatic carbocycles. The van der Waals surface area contributed by atoms with E-state index in [1.54, 1.807) is 0 Å². The van der Waals surface area contributed by atoms with Crippen LogP contribution in [0.15, 0.2) is 12.2 Å². The van der Waals surface area contributed by atoms with Gasteiger partial charge in [-0.05, 0) is 0 Å². The summed E-state index contributed by atoms with van der Waals surface area (Å²) in [5.74, 6) is -0.481. The molecule has 56 valence electrons. The first-order valence-corrected chi connectivity index (χ1v) is 3.21.